The highest BCUT2D eigenvalue weighted by atomic mass is 16.6. The summed E-state index contributed by atoms with van der Waals surface area (Å²) in [7, 11) is 0. The van der Waals surface area contributed by atoms with Crippen molar-refractivity contribution in [2.24, 2.45) is 0 Å². The van der Waals surface area contributed by atoms with Gasteiger partial charge < -0.3 is 14.2 Å². The molecule has 0 aromatic carbocycles. The van der Waals surface area contributed by atoms with Gasteiger partial charge in [0, 0.05) is 19.3 Å². The van der Waals surface area contributed by atoms with Gasteiger partial charge in [0.05, 0.1) is 0 Å². The van der Waals surface area contributed by atoms with E-state index in [0.717, 1.165) is 96.3 Å². The van der Waals surface area contributed by atoms with Gasteiger partial charge in [-0.05, 0) is 116 Å². The first-order valence-corrected chi connectivity index (χ1v) is 28.4. The van der Waals surface area contributed by atoms with E-state index < -0.39 is 6.10 Å². The highest BCUT2D eigenvalue weighted by molar-refractivity contribution is 5.71. The third kappa shape index (κ3) is 54.9. The fourth-order valence-electron chi connectivity index (χ4n) is 7.49. The quantitative estimate of drug-likeness (QED) is 0.0262. The van der Waals surface area contributed by atoms with Crippen LogP contribution in [0.3, 0.4) is 0 Å². The molecule has 69 heavy (non-hydrogen) atoms. The lowest BCUT2D eigenvalue weighted by Crippen LogP contribution is -2.30. The Balaban J connectivity index is 4.51. The number of hydrogen-bond acceptors (Lipinski definition) is 6. The lowest BCUT2D eigenvalue weighted by Gasteiger charge is -2.18. The van der Waals surface area contributed by atoms with Crippen LogP contribution in [0, 0.1) is 0 Å². The highest BCUT2D eigenvalue weighted by Gasteiger charge is 2.19. The Morgan fingerprint density at radius 3 is 1.01 bits per heavy atom. The second-order valence-electron chi connectivity index (χ2n) is 18.5. The van der Waals surface area contributed by atoms with Gasteiger partial charge in [-0.1, -0.05) is 226 Å². The molecular formula is C63H104O6. The average Bonchev–Trinajstić information content (AvgIpc) is 3.35. The van der Waals surface area contributed by atoms with Crippen LogP contribution in [0.15, 0.2) is 109 Å². The fraction of sp³-hybridized carbons (Fsp3) is 0.667. The molecule has 0 aliphatic carbocycles. The first kappa shape index (κ1) is 65.1. The van der Waals surface area contributed by atoms with E-state index >= 15 is 0 Å². The summed E-state index contributed by atoms with van der Waals surface area (Å²) in [4.78, 5) is 38.1. The highest BCUT2D eigenvalue weighted by Crippen LogP contribution is 2.14. The summed E-state index contributed by atoms with van der Waals surface area (Å²) in [6.07, 6.45) is 76.6. The van der Waals surface area contributed by atoms with Gasteiger partial charge in [-0.25, -0.2) is 0 Å². The maximum atomic E-state index is 12.9. The molecule has 0 amide bonds. The van der Waals surface area contributed by atoms with Gasteiger partial charge in [0.15, 0.2) is 6.10 Å². The van der Waals surface area contributed by atoms with E-state index in [9.17, 15) is 14.4 Å². The van der Waals surface area contributed by atoms with Crippen LogP contribution in [0.4, 0.5) is 0 Å². The average molecular weight is 958 g/mol. The third-order valence-corrected chi connectivity index (χ3v) is 11.7. The van der Waals surface area contributed by atoms with Crippen molar-refractivity contribution in [3.63, 3.8) is 0 Å². The summed E-state index contributed by atoms with van der Waals surface area (Å²) in [6.45, 7) is 6.41. The molecule has 392 valence electrons. The lowest BCUT2D eigenvalue weighted by molar-refractivity contribution is -0.166. The molecule has 0 heterocycles. The number of allylic oxidation sites excluding steroid dienone is 18. The van der Waals surface area contributed by atoms with Crippen LogP contribution < -0.4 is 0 Å². The number of rotatable bonds is 50. The summed E-state index contributed by atoms with van der Waals surface area (Å²) in [5, 5.41) is 0. The van der Waals surface area contributed by atoms with E-state index in [-0.39, 0.29) is 37.5 Å². The number of esters is 3. The number of carbonyl (C=O) groups is 3. The van der Waals surface area contributed by atoms with Gasteiger partial charge >= 0.3 is 17.9 Å². The molecule has 0 saturated carbocycles. The SMILES string of the molecule is CC/C=C\C/C=C\C/C=C\C/C=C\C/C=C\C/C=C\CCC(=O)OC[C@H](COC(=O)CCCCCCC/C=C\CCCCCC)OC(=O)CCCCCCCCCCC/C=C\C/C=C\CCCCC. The van der Waals surface area contributed by atoms with E-state index in [1.165, 1.54) is 109 Å². The first-order chi connectivity index (χ1) is 34.0. The molecule has 0 unspecified atom stereocenters. The zero-order valence-electron chi connectivity index (χ0n) is 44.8. The Hall–Kier alpha value is -3.93. The minimum absolute atomic E-state index is 0.109. The van der Waals surface area contributed by atoms with Crippen molar-refractivity contribution < 1.29 is 28.6 Å². The van der Waals surface area contributed by atoms with Crippen molar-refractivity contribution in [3.05, 3.63) is 109 Å². The van der Waals surface area contributed by atoms with Crippen molar-refractivity contribution in [3.8, 4) is 0 Å². The Labute approximate surface area is 425 Å². The minimum atomic E-state index is -0.816. The Morgan fingerprint density at radius 2 is 0.594 bits per heavy atom. The predicted octanol–water partition coefficient (Wildman–Crippen LogP) is 19.1. The van der Waals surface area contributed by atoms with Gasteiger partial charge in [0.1, 0.15) is 13.2 Å². The standard InChI is InChI=1S/C63H104O6/c1-4-7-10-13-16-19-22-25-27-29-31-33-35-38-41-44-47-50-53-56-62(65)68-59-60(58-67-61(64)55-52-49-46-43-40-37-24-21-18-15-12-9-6-3)69-63(66)57-54-51-48-45-42-39-36-34-32-30-28-26-23-20-17-14-11-8-5-2/h7,10,16-17,19-21,24-28,31,33,38,41,47,50,60H,4-6,8-9,11-15,18,22-23,29-30,32,34-37,39-40,42-46,48-49,51-59H2,1-3H3/b10-7-,19-16-,20-17-,24-21-,27-25-,28-26-,33-31-,41-38-,50-47-/t60-/m0/s1. The van der Waals surface area contributed by atoms with Crippen molar-refractivity contribution in [1.29, 1.82) is 0 Å². The lowest BCUT2D eigenvalue weighted by atomic mass is 10.1. The molecule has 1 atom stereocenters. The van der Waals surface area contributed by atoms with Crippen molar-refractivity contribution >= 4 is 17.9 Å². The molecule has 0 aromatic heterocycles. The molecule has 0 saturated heterocycles. The molecular weight excluding hydrogens is 853 g/mol. The molecule has 0 bridgehead atoms. The maximum absolute atomic E-state index is 12.9. The summed E-state index contributed by atoms with van der Waals surface area (Å²) >= 11 is 0. The van der Waals surface area contributed by atoms with Gasteiger partial charge in [-0.2, -0.15) is 0 Å². The normalized spacial score (nSPS) is 12.9. The number of hydrogen-bond donors (Lipinski definition) is 0. The topological polar surface area (TPSA) is 78.9 Å². The van der Waals surface area contributed by atoms with E-state index in [0.29, 0.717) is 19.3 Å². The van der Waals surface area contributed by atoms with Gasteiger partial charge in [0.25, 0.3) is 0 Å². The Kier molecular flexibility index (Phi) is 53.4. The molecule has 0 aliphatic rings. The van der Waals surface area contributed by atoms with Crippen LogP contribution in [0.5, 0.6) is 0 Å². The summed E-state index contributed by atoms with van der Waals surface area (Å²) in [5.41, 5.74) is 0. The number of carbonyl (C=O) groups excluding carboxylic acids is 3. The van der Waals surface area contributed by atoms with Crippen LogP contribution in [0.2, 0.25) is 0 Å². The second kappa shape index (κ2) is 56.7. The van der Waals surface area contributed by atoms with E-state index in [1.54, 1.807) is 0 Å². The second-order valence-corrected chi connectivity index (χ2v) is 18.5. The molecule has 0 rings (SSSR count). The molecule has 0 aliphatic heterocycles. The van der Waals surface area contributed by atoms with Gasteiger partial charge in [-0.3, -0.25) is 14.4 Å². The van der Waals surface area contributed by atoms with Crippen LogP contribution in [0.25, 0.3) is 0 Å². The molecule has 6 nitrogen and oxygen atoms in total. The molecule has 0 spiro atoms. The summed E-state index contributed by atoms with van der Waals surface area (Å²) in [6, 6.07) is 0. The van der Waals surface area contributed by atoms with Crippen LogP contribution >= 0.6 is 0 Å². The molecule has 0 N–H and O–H groups in total. The van der Waals surface area contributed by atoms with E-state index in [2.05, 4.69) is 124 Å². The smallest absolute Gasteiger partial charge is 0.306 e. The first-order valence-electron chi connectivity index (χ1n) is 28.4. The minimum Gasteiger partial charge on any atom is -0.462 e. The molecule has 0 radical (unpaired) electrons. The van der Waals surface area contributed by atoms with E-state index in [1.807, 2.05) is 6.08 Å². The zero-order valence-corrected chi connectivity index (χ0v) is 44.8. The van der Waals surface area contributed by atoms with Crippen molar-refractivity contribution in [1.82, 2.24) is 0 Å². The van der Waals surface area contributed by atoms with Crippen LogP contribution in [-0.4, -0.2) is 37.2 Å². The molecule has 0 aromatic rings. The van der Waals surface area contributed by atoms with Crippen LogP contribution in [-0.2, 0) is 28.6 Å². The largest absolute Gasteiger partial charge is 0.462 e. The summed E-state index contributed by atoms with van der Waals surface area (Å²) < 4.78 is 16.8. The summed E-state index contributed by atoms with van der Waals surface area (Å²) in [5.74, 6) is -1.01. The van der Waals surface area contributed by atoms with Gasteiger partial charge in [0.2, 0.25) is 0 Å². The third-order valence-electron chi connectivity index (χ3n) is 11.7. The van der Waals surface area contributed by atoms with Crippen LogP contribution in [0.1, 0.15) is 252 Å². The maximum Gasteiger partial charge on any atom is 0.306 e. The fourth-order valence-corrected chi connectivity index (χ4v) is 7.49. The Bertz CT molecular complexity index is 1420. The van der Waals surface area contributed by atoms with E-state index in [4.69, 9.17) is 14.2 Å². The van der Waals surface area contributed by atoms with Crippen molar-refractivity contribution in [2.45, 2.75) is 258 Å². The monoisotopic (exact) mass is 957 g/mol. The van der Waals surface area contributed by atoms with Crippen molar-refractivity contribution in [2.75, 3.05) is 13.2 Å². The molecule has 6 heteroatoms. The zero-order chi connectivity index (χ0) is 50.0. The molecule has 0 fully saturated rings. The van der Waals surface area contributed by atoms with Gasteiger partial charge in [-0.15, -0.1) is 0 Å². The number of unbranched alkanes of at least 4 members (excludes halogenated alkanes) is 21. The number of ether oxygens (including phenoxy) is 3. The Morgan fingerprint density at radius 1 is 0.304 bits per heavy atom. The predicted molar refractivity (Wildman–Crippen MR) is 297 cm³/mol.